The molecule has 1 N–H and O–H groups in total. The zero-order chi connectivity index (χ0) is 22.6. The molecule has 1 aromatic heterocycles. The molecule has 2 aromatic rings. The summed E-state index contributed by atoms with van der Waals surface area (Å²) in [7, 11) is 0. The van der Waals surface area contributed by atoms with E-state index in [4.69, 9.17) is 6.42 Å². The number of fused-ring (bicyclic) bond motifs is 1. The van der Waals surface area contributed by atoms with Gasteiger partial charge in [-0.2, -0.15) is 13.2 Å². The molecular weight excluding hydrogens is 401 g/mol. The Balaban J connectivity index is 1.79. The van der Waals surface area contributed by atoms with E-state index < -0.39 is 17.8 Å². The van der Waals surface area contributed by atoms with Gasteiger partial charge in [-0.1, -0.05) is 18.1 Å². The first-order chi connectivity index (χ1) is 14.5. The Morgan fingerprint density at radius 2 is 1.97 bits per heavy atom. The predicted octanol–water partition coefficient (Wildman–Crippen LogP) is 3.67. The highest BCUT2D eigenvalue weighted by molar-refractivity contribution is 5.53. The van der Waals surface area contributed by atoms with Crippen LogP contribution in [0.4, 0.5) is 19.0 Å². The Kier molecular flexibility index (Phi) is 5.00. The Hall–Kier alpha value is -3.01. The van der Waals surface area contributed by atoms with E-state index in [0.717, 1.165) is 29.5 Å². The van der Waals surface area contributed by atoms with Gasteiger partial charge in [0.15, 0.2) is 0 Å². The van der Waals surface area contributed by atoms with Crippen LogP contribution in [-0.4, -0.2) is 26.4 Å². The van der Waals surface area contributed by atoms with Crippen molar-refractivity contribution < 1.29 is 13.2 Å². The Bertz CT molecular complexity index is 1190. The van der Waals surface area contributed by atoms with E-state index in [1.54, 1.807) is 13.0 Å². The van der Waals surface area contributed by atoms with Crippen LogP contribution in [0.15, 0.2) is 18.2 Å². The maximum absolute atomic E-state index is 13.4. The molecule has 4 rings (SSSR count). The number of alkyl halides is 3. The average molecular weight is 426 g/mol. The topological polar surface area (TPSA) is 41.1 Å². The van der Waals surface area contributed by atoms with Gasteiger partial charge >= 0.3 is 6.18 Å². The SMILES string of the molecule is C#C[C@@H](Nc1nc(C)nc2c1=CN(C1(C)CC1)C(C)C=2)c1cccc(C(F)(F)F)c1C. The van der Waals surface area contributed by atoms with Crippen LogP contribution in [0.1, 0.15) is 55.2 Å². The van der Waals surface area contributed by atoms with E-state index in [9.17, 15) is 13.2 Å². The van der Waals surface area contributed by atoms with E-state index in [1.807, 2.05) is 0 Å². The molecule has 1 saturated carbocycles. The lowest BCUT2D eigenvalue weighted by Gasteiger charge is -2.34. The molecule has 4 nitrogen and oxygen atoms in total. The van der Waals surface area contributed by atoms with Gasteiger partial charge in [0.2, 0.25) is 0 Å². The lowest BCUT2D eigenvalue weighted by Crippen LogP contribution is -2.47. The molecule has 1 aromatic carbocycles. The minimum atomic E-state index is -4.44. The standard InChI is InChI=1S/C24H25F3N4/c1-6-20(17-8-7-9-19(15(17)3)24(25,26)27)30-22-18-13-31(23(5)10-11-23)14(2)12-21(18)28-16(4)29-22/h1,7-9,12-14,20H,10-11H2,2-5H3,(H,28,29,30)/t14?,20-/m1/s1. The molecule has 0 amide bonds. The number of nitrogens with zero attached hydrogens (tertiary/aromatic N) is 3. The van der Waals surface area contributed by atoms with Gasteiger partial charge in [-0.15, -0.1) is 6.42 Å². The zero-order valence-corrected chi connectivity index (χ0v) is 18.0. The molecule has 0 spiro atoms. The molecule has 1 unspecified atom stereocenters. The van der Waals surface area contributed by atoms with Gasteiger partial charge in [0, 0.05) is 17.8 Å². The van der Waals surface area contributed by atoms with Gasteiger partial charge in [-0.3, -0.25) is 0 Å². The number of aromatic nitrogens is 2. The van der Waals surface area contributed by atoms with E-state index in [1.165, 1.54) is 13.0 Å². The summed E-state index contributed by atoms with van der Waals surface area (Å²) in [5.41, 5.74) is -0.0591. The van der Waals surface area contributed by atoms with Crippen LogP contribution in [0.5, 0.6) is 0 Å². The van der Waals surface area contributed by atoms with Crippen LogP contribution < -0.4 is 15.9 Å². The molecule has 162 valence electrons. The third-order valence-corrected chi connectivity index (χ3v) is 6.23. The molecule has 2 heterocycles. The predicted molar refractivity (Wildman–Crippen MR) is 115 cm³/mol. The second-order valence-corrected chi connectivity index (χ2v) is 8.62. The summed E-state index contributed by atoms with van der Waals surface area (Å²) in [6.45, 7) is 7.59. The minimum Gasteiger partial charge on any atom is -0.365 e. The van der Waals surface area contributed by atoms with Crippen molar-refractivity contribution in [1.82, 2.24) is 14.9 Å². The molecule has 1 aliphatic carbocycles. The molecule has 2 atom stereocenters. The van der Waals surface area contributed by atoms with Crippen molar-refractivity contribution in [2.75, 3.05) is 5.32 Å². The van der Waals surface area contributed by atoms with Gasteiger partial charge in [0.05, 0.1) is 16.1 Å². The molecular formula is C24H25F3N4. The summed E-state index contributed by atoms with van der Waals surface area (Å²) in [6.07, 6.45) is 7.70. The van der Waals surface area contributed by atoms with Crippen LogP contribution in [0.2, 0.25) is 0 Å². The molecule has 2 aliphatic rings. The number of benzene rings is 1. The Morgan fingerprint density at radius 1 is 1.26 bits per heavy atom. The van der Waals surface area contributed by atoms with Gasteiger partial charge in [-0.25, -0.2) is 9.97 Å². The molecule has 0 bridgehead atoms. The fourth-order valence-electron chi connectivity index (χ4n) is 4.24. The summed E-state index contributed by atoms with van der Waals surface area (Å²) in [6, 6.07) is 3.50. The van der Waals surface area contributed by atoms with E-state index in [-0.39, 0.29) is 17.1 Å². The maximum Gasteiger partial charge on any atom is 0.416 e. The van der Waals surface area contributed by atoms with Crippen LogP contribution in [-0.2, 0) is 6.18 Å². The van der Waals surface area contributed by atoms with Gasteiger partial charge in [0.1, 0.15) is 17.7 Å². The van der Waals surface area contributed by atoms with E-state index in [2.05, 4.69) is 52.2 Å². The number of rotatable bonds is 4. The van der Waals surface area contributed by atoms with Gasteiger partial charge in [0.25, 0.3) is 0 Å². The first-order valence-corrected chi connectivity index (χ1v) is 10.3. The largest absolute Gasteiger partial charge is 0.416 e. The van der Waals surface area contributed by atoms with Crippen LogP contribution >= 0.6 is 0 Å². The van der Waals surface area contributed by atoms with Crippen molar-refractivity contribution in [3.8, 4) is 12.3 Å². The van der Waals surface area contributed by atoms with E-state index in [0.29, 0.717) is 17.2 Å². The Labute approximate surface area is 179 Å². The van der Waals surface area contributed by atoms with E-state index >= 15 is 0 Å². The highest BCUT2D eigenvalue weighted by atomic mass is 19.4. The lowest BCUT2D eigenvalue weighted by atomic mass is 9.96. The average Bonchev–Trinajstić information content (AvgIpc) is 3.43. The highest BCUT2D eigenvalue weighted by Crippen LogP contribution is 2.43. The van der Waals surface area contributed by atoms with Gasteiger partial charge in [-0.05, 0) is 63.8 Å². The minimum absolute atomic E-state index is 0.110. The Morgan fingerprint density at radius 3 is 2.58 bits per heavy atom. The number of nitrogens with one attached hydrogen (secondary N) is 1. The molecule has 1 aliphatic heterocycles. The number of aryl methyl sites for hydroxylation is 1. The van der Waals surface area contributed by atoms with Crippen molar-refractivity contribution in [2.24, 2.45) is 0 Å². The number of halogens is 3. The summed E-state index contributed by atoms with van der Waals surface area (Å²) >= 11 is 0. The summed E-state index contributed by atoms with van der Waals surface area (Å²) in [5.74, 6) is 3.70. The molecule has 31 heavy (non-hydrogen) atoms. The van der Waals surface area contributed by atoms with Crippen LogP contribution in [0, 0.1) is 26.2 Å². The second-order valence-electron chi connectivity index (χ2n) is 8.62. The summed E-state index contributed by atoms with van der Waals surface area (Å²) in [5, 5.41) is 4.82. The highest BCUT2D eigenvalue weighted by Gasteiger charge is 2.44. The smallest absolute Gasteiger partial charge is 0.365 e. The van der Waals surface area contributed by atoms with Crippen molar-refractivity contribution in [2.45, 2.75) is 64.3 Å². The monoisotopic (exact) mass is 426 g/mol. The molecule has 0 saturated heterocycles. The number of hydrogen-bond acceptors (Lipinski definition) is 4. The molecule has 0 radical (unpaired) electrons. The fourth-order valence-corrected chi connectivity index (χ4v) is 4.24. The maximum atomic E-state index is 13.4. The molecule has 1 fully saturated rings. The van der Waals surface area contributed by atoms with Crippen molar-refractivity contribution >= 4 is 18.1 Å². The first kappa shape index (κ1) is 21.2. The van der Waals surface area contributed by atoms with Crippen molar-refractivity contribution in [1.29, 1.82) is 0 Å². The third kappa shape index (κ3) is 3.87. The first-order valence-electron chi connectivity index (χ1n) is 10.3. The zero-order valence-electron chi connectivity index (χ0n) is 18.0. The fraction of sp³-hybridized carbons (Fsp3) is 0.417. The van der Waals surface area contributed by atoms with Crippen molar-refractivity contribution in [3.63, 3.8) is 0 Å². The second kappa shape index (κ2) is 7.30. The third-order valence-electron chi connectivity index (χ3n) is 6.23. The normalized spacial score (nSPS) is 20.1. The van der Waals surface area contributed by atoms with Crippen LogP contribution in [0.3, 0.4) is 0 Å². The number of terminal acetylenes is 1. The van der Waals surface area contributed by atoms with Gasteiger partial charge < -0.3 is 10.2 Å². The number of hydrogen-bond donors (Lipinski definition) is 1. The van der Waals surface area contributed by atoms with Crippen LogP contribution in [0.25, 0.3) is 12.3 Å². The van der Waals surface area contributed by atoms with Crippen molar-refractivity contribution in [3.05, 3.63) is 51.3 Å². The number of anilines is 1. The molecule has 7 heteroatoms. The summed E-state index contributed by atoms with van der Waals surface area (Å²) in [4.78, 5) is 11.4. The summed E-state index contributed by atoms with van der Waals surface area (Å²) < 4.78 is 40.2. The lowest BCUT2D eigenvalue weighted by molar-refractivity contribution is -0.138. The quantitative estimate of drug-likeness (QED) is 0.758.